The predicted octanol–water partition coefficient (Wildman–Crippen LogP) is 5.83. The molecule has 1 amide bonds. The molecule has 5 nitrogen and oxygen atoms in total. The predicted molar refractivity (Wildman–Crippen MR) is 120 cm³/mol. The van der Waals surface area contributed by atoms with E-state index in [1.165, 1.54) is 11.8 Å². The molecular formula is C24H21N3O2S. The van der Waals surface area contributed by atoms with Crippen LogP contribution in [0.2, 0.25) is 0 Å². The third kappa shape index (κ3) is 4.44. The molecule has 0 radical (unpaired) electrons. The first-order chi connectivity index (χ1) is 14.6. The lowest BCUT2D eigenvalue weighted by molar-refractivity contribution is -0.115. The van der Waals surface area contributed by atoms with Crippen LogP contribution in [0.15, 0.2) is 88.5 Å². The molecule has 6 heteroatoms. The van der Waals surface area contributed by atoms with E-state index in [1.54, 1.807) is 0 Å². The average Bonchev–Trinajstić information content (AvgIpc) is 3.23. The summed E-state index contributed by atoms with van der Waals surface area (Å²) in [7, 11) is 0. The van der Waals surface area contributed by atoms with Crippen LogP contribution in [-0.4, -0.2) is 21.4 Å². The molecule has 4 rings (SSSR count). The highest BCUT2D eigenvalue weighted by atomic mass is 32.2. The molecule has 0 saturated heterocycles. The van der Waals surface area contributed by atoms with Gasteiger partial charge in [0.05, 0.1) is 5.25 Å². The Labute approximate surface area is 179 Å². The summed E-state index contributed by atoms with van der Waals surface area (Å²) in [6.07, 6.45) is 0. The fraction of sp³-hybridized carbons (Fsp3) is 0.125. The number of aromatic nitrogens is 2. The van der Waals surface area contributed by atoms with E-state index in [-0.39, 0.29) is 5.91 Å². The summed E-state index contributed by atoms with van der Waals surface area (Å²) in [6.45, 7) is 3.81. The molecule has 0 unspecified atom stereocenters. The number of benzene rings is 3. The zero-order valence-electron chi connectivity index (χ0n) is 16.7. The Hall–Kier alpha value is -3.38. The molecule has 3 aromatic carbocycles. The minimum absolute atomic E-state index is 0.126. The Morgan fingerprint density at radius 1 is 0.900 bits per heavy atom. The maximum Gasteiger partial charge on any atom is 0.277 e. The van der Waals surface area contributed by atoms with Crippen molar-refractivity contribution in [1.29, 1.82) is 0 Å². The standard InChI is InChI=1S/C24H21N3O2S/c1-16-10-6-7-13-19(16)23-26-27-24(29-23)30-17(2)22(28)25-21-15-9-8-14-20(21)18-11-4-3-5-12-18/h3-15,17H,1-2H3,(H,25,28)/t17-/m1/s1. The number of nitrogens with zero attached hydrogens (tertiary/aromatic N) is 2. The molecule has 0 bridgehead atoms. The second-order valence-electron chi connectivity index (χ2n) is 6.85. The van der Waals surface area contributed by atoms with E-state index in [0.717, 1.165) is 27.9 Å². The fourth-order valence-electron chi connectivity index (χ4n) is 3.08. The van der Waals surface area contributed by atoms with Gasteiger partial charge in [0.1, 0.15) is 0 Å². The molecule has 4 aromatic rings. The lowest BCUT2D eigenvalue weighted by atomic mass is 10.0. The number of rotatable bonds is 6. The van der Waals surface area contributed by atoms with Crippen molar-refractivity contribution in [3.63, 3.8) is 0 Å². The Morgan fingerprint density at radius 3 is 2.33 bits per heavy atom. The number of hydrogen-bond acceptors (Lipinski definition) is 5. The summed E-state index contributed by atoms with van der Waals surface area (Å²) in [6, 6.07) is 25.6. The van der Waals surface area contributed by atoms with Gasteiger partial charge in [-0.25, -0.2) is 0 Å². The molecule has 30 heavy (non-hydrogen) atoms. The third-order valence-corrected chi connectivity index (χ3v) is 5.63. The Bertz CT molecular complexity index is 1160. The molecular weight excluding hydrogens is 394 g/mol. The maximum atomic E-state index is 12.8. The quantitative estimate of drug-likeness (QED) is 0.401. The molecule has 1 atom stereocenters. The second kappa shape index (κ2) is 8.97. The fourth-order valence-corrected chi connectivity index (χ4v) is 3.76. The SMILES string of the molecule is Cc1ccccc1-c1nnc(S[C@H](C)C(=O)Nc2ccccc2-c2ccccc2)o1. The molecule has 150 valence electrons. The van der Waals surface area contributed by atoms with Crippen LogP contribution in [0.25, 0.3) is 22.6 Å². The van der Waals surface area contributed by atoms with Crippen molar-refractivity contribution in [1.82, 2.24) is 10.2 Å². The van der Waals surface area contributed by atoms with E-state index in [0.29, 0.717) is 11.1 Å². The highest BCUT2D eigenvalue weighted by Crippen LogP contribution is 2.30. The van der Waals surface area contributed by atoms with Crippen LogP contribution >= 0.6 is 11.8 Å². The van der Waals surface area contributed by atoms with Crippen LogP contribution in [0, 0.1) is 6.92 Å². The van der Waals surface area contributed by atoms with Crippen LogP contribution < -0.4 is 5.32 Å². The summed E-state index contributed by atoms with van der Waals surface area (Å²) in [5.74, 6) is 0.330. The number of anilines is 1. The van der Waals surface area contributed by atoms with Gasteiger partial charge >= 0.3 is 0 Å². The Morgan fingerprint density at radius 2 is 1.57 bits per heavy atom. The van der Waals surface area contributed by atoms with Gasteiger partial charge in [-0.2, -0.15) is 0 Å². The summed E-state index contributed by atoms with van der Waals surface area (Å²) < 4.78 is 5.78. The number of amides is 1. The molecule has 0 aliphatic carbocycles. The number of carbonyl (C=O) groups is 1. The molecule has 0 aliphatic rings. The zero-order chi connectivity index (χ0) is 20.9. The lowest BCUT2D eigenvalue weighted by Crippen LogP contribution is -2.22. The molecule has 0 spiro atoms. The second-order valence-corrected chi connectivity index (χ2v) is 8.14. The Kier molecular flexibility index (Phi) is 5.95. The molecule has 0 saturated carbocycles. The maximum absolute atomic E-state index is 12.8. The van der Waals surface area contributed by atoms with Crippen LogP contribution in [0.4, 0.5) is 5.69 Å². The summed E-state index contributed by atoms with van der Waals surface area (Å²) in [5, 5.41) is 11.2. The van der Waals surface area contributed by atoms with Crippen LogP contribution in [0.1, 0.15) is 12.5 Å². The molecule has 1 N–H and O–H groups in total. The monoisotopic (exact) mass is 415 g/mol. The van der Waals surface area contributed by atoms with Crippen molar-refractivity contribution in [3.05, 3.63) is 84.4 Å². The minimum Gasteiger partial charge on any atom is -0.411 e. The first-order valence-corrected chi connectivity index (χ1v) is 10.5. The van der Waals surface area contributed by atoms with Crippen molar-refractivity contribution < 1.29 is 9.21 Å². The van der Waals surface area contributed by atoms with E-state index >= 15 is 0 Å². The topological polar surface area (TPSA) is 68.0 Å². The smallest absolute Gasteiger partial charge is 0.277 e. The molecule has 0 fully saturated rings. The van der Waals surface area contributed by atoms with Gasteiger partial charge in [0, 0.05) is 16.8 Å². The van der Waals surface area contributed by atoms with Gasteiger partial charge in [-0.1, -0.05) is 78.5 Å². The van der Waals surface area contributed by atoms with Gasteiger partial charge < -0.3 is 9.73 Å². The lowest BCUT2D eigenvalue weighted by Gasteiger charge is -2.14. The molecule has 1 heterocycles. The van der Waals surface area contributed by atoms with Gasteiger partial charge in [0.2, 0.25) is 11.8 Å². The summed E-state index contributed by atoms with van der Waals surface area (Å²) in [5.41, 5.74) is 4.75. The van der Waals surface area contributed by atoms with E-state index in [2.05, 4.69) is 15.5 Å². The van der Waals surface area contributed by atoms with Gasteiger partial charge in [-0.05, 0) is 37.1 Å². The van der Waals surface area contributed by atoms with Crippen LogP contribution in [-0.2, 0) is 4.79 Å². The van der Waals surface area contributed by atoms with Crippen molar-refractivity contribution >= 4 is 23.4 Å². The Balaban J connectivity index is 1.47. The third-order valence-electron chi connectivity index (χ3n) is 4.70. The first-order valence-electron chi connectivity index (χ1n) is 9.63. The highest BCUT2D eigenvalue weighted by molar-refractivity contribution is 8.00. The molecule has 1 aromatic heterocycles. The van der Waals surface area contributed by atoms with E-state index < -0.39 is 5.25 Å². The number of aryl methyl sites for hydroxylation is 1. The van der Waals surface area contributed by atoms with E-state index in [1.807, 2.05) is 92.7 Å². The van der Waals surface area contributed by atoms with Crippen molar-refractivity contribution in [3.8, 4) is 22.6 Å². The van der Waals surface area contributed by atoms with Gasteiger partial charge in [0.25, 0.3) is 5.22 Å². The van der Waals surface area contributed by atoms with Crippen molar-refractivity contribution in [2.75, 3.05) is 5.32 Å². The first kappa shape index (κ1) is 19.9. The van der Waals surface area contributed by atoms with E-state index in [9.17, 15) is 4.79 Å². The van der Waals surface area contributed by atoms with E-state index in [4.69, 9.17) is 4.42 Å². The number of carbonyl (C=O) groups excluding carboxylic acids is 1. The number of para-hydroxylation sites is 1. The van der Waals surface area contributed by atoms with Crippen molar-refractivity contribution in [2.45, 2.75) is 24.3 Å². The average molecular weight is 416 g/mol. The zero-order valence-corrected chi connectivity index (χ0v) is 17.5. The largest absolute Gasteiger partial charge is 0.411 e. The van der Waals surface area contributed by atoms with Crippen LogP contribution in [0.3, 0.4) is 0 Å². The van der Waals surface area contributed by atoms with Crippen LogP contribution in [0.5, 0.6) is 0 Å². The summed E-state index contributed by atoms with van der Waals surface area (Å²) in [4.78, 5) is 12.8. The number of hydrogen-bond donors (Lipinski definition) is 1. The number of nitrogens with one attached hydrogen (secondary N) is 1. The van der Waals surface area contributed by atoms with Crippen molar-refractivity contribution in [2.24, 2.45) is 0 Å². The minimum atomic E-state index is -0.404. The number of thioether (sulfide) groups is 1. The summed E-state index contributed by atoms with van der Waals surface area (Å²) >= 11 is 1.24. The highest BCUT2D eigenvalue weighted by Gasteiger charge is 2.20. The van der Waals surface area contributed by atoms with Gasteiger partial charge in [0.15, 0.2) is 0 Å². The molecule has 0 aliphatic heterocycles. The normalized spacial score (nSPS) is 11.8. The van der Waals surface area contributed by atoms with Gasteiger partial charge in [-0.15, -0.1) is 10.2 Å². The van der Waals surface area contributed by atoms with Gasteiger partial charge in [-0.3, -0.25) is 4.79 Å².